The third-order valence-corrected chi connectivity index (χ3v) is 4.92. The predicted molar refractivity (Wildman–Crippen MR) is 121 cm³/mol. The van der Waals surface area contributed by atoms with Crippen LogP contribution in [0.15, 0.2) is 53.0 Å². The molecule has 31 heavy (non-hydrogen) atoms. The lowest BCUT2D eigenvalue weighted by Gasteiger charge is -2.12. The molecule has 0 bridgehead atoms. The summed E-state index contributed by atoms with van der Waals surface area (Å²) in [6.45, 7) is 4.12. The van der Waals surface area contributed by atoms with Crippen LogP contribution in [0.2, 0.25) is 0 Å². The van der Waals surface area contributed by atoms with E-state index in [0.29, 0.717) is 39.6 Å². The highest BCUT2D eigenvalue weighted by Crippen LogP contribution is 2.34. The van der Waals surface area contributed by atoms with Gasteiger partial charge in [-0.15, -0.1) is 0 Å². The van der Waals surface area contributed by atoms with Gasteiger partial charge in [0, 0.05) is 22.6 Å². The van der Waals surface area contributed by atoms with Crippen LogP contribution in [0.3, 0.4) is 0 Å². The minimum absolute atomic E-state index is 0.0602. The van der Waals surface area contributed by atoms with E-state index in [1.54, 1.807) is 43.5 Å². The van der Waals surface area contributed by atoms with Gasteiger partial charge in [-0.05, 0) is 35.9 Å². The van der Waals surface area contributed by atoms with Gasteiger partial charge in [0.25, 0.3) is 5.91 Å². The number of rotatable bonds is 10. The lowest BCUT2D eigenvalue weighted by molar-refractivity contribution is -0.117. The lowest BCUT2D eigenvalue weighted by Crippen LogP contribution is -2.24. The molecule has 0 fully saturated rings. The van der Waals surface area contributed by atoms with Gasteiger partial charge in [0.1, 0.15) is 29.7 Å². The van der Waals surface area contributed by atoms with E-state index < -0.39 is 5.91 Å². The van der Waals surface area contributed by atoms with E-state index in [-0.39, 0.29) is 12.1 Å². The zero-order chi connectivity index (χ0) is 22.8. The molecule has 0 saturated carbocycles. The van der Waals surface area contributed by atoms with Gasteiger partial charge in [-0.25, -0.2) is 0 Å². The Morgan fingerprint density at radius 2 is 1.87 bits per heavy atom. The van der Waals surface area contributed by atoms with Crippen LogP contribution in [0.5, 0.6) is 23.0 Å². The average Bonchev–Trinajstić information content (AvgIpc) is 2.80. The molecule has 0 aliphatic rings. The Labute approximate surface area is 190 Å². The summed E-state index contributed by atoms with van der Waals surface area (Å²) in [5.74, 6) is 1.68. The van der Waals surface area contributed by atoms with Gasteiger partial charge in [-0.2, -0.15) is 5.26 Å². The van der Waals surface area contributed by atoms with Gasteiger partial charge in [0.05, 0.1) is 21.3 Å². The first-order valence-electron chi connectivity index (χ1n) is 9.19. The molecule has 162 valence electrons. The minimum Gasteiger partial charge on any atom is -0.497 e. The molecule has 0 aliphatic heterocycles. The number of hydrogen-bond donors (Lipinski definition) is 1. The minimum atomic E-state index is -0.516. The fourth-order valence-corrected chi connectivity index (χ4v) is 3.09. The first-order valence-corrected chi connectivity index (χ1v) is 9.98. The van der Waals surface area contributed by atoms with Crippen LogP contribution in [-0.2, 0) is 11.3 Å². The fraction of sp³-hybridized carbons (Fsp3) is 0.217. The van der Waals surface area contributed by atoms with Crippen LogP contribution in [-0.4, -0.2) is 33.8 Å². The van der Waals surface area contributed by atoms with E-state index in [1.165, 1.54) is 20.3 Å². The Balaban J connectivity index is 2.22. The number of ether oxygens (including phenoxy) is 4. The van der Waals surface area contributed by atoms with Crippen LogP contribution < -0.4 is 24.3 Å². The zero-order valence-corrected chi connectivity index (χ0v) is 19.1. The summed E-state index contributed by atoms with van der Waals surface area (Å²) in [7, 11) is 4.61. The molecule has 0 atom stereocenters. The maximum absolute atomic E-state index is 12.6. The van der Waals surface area contributed by atoms with Gasteiger partial charge < -0.3 is 24.3 Å². The molecule has 0 aliphatic carbocycles. The molecule has 2 aromatic carbocycles. The van der Waals surface area contributed by atoms with E-state index in [9.17, 15) is 10.1 Å². The summed E-state index contributed by atoms with van der Waals surface area (Å²) < 4.78 is 22.1. The molecule has 0 radical (unpaired) electrons. The van der Waals surface area contributed by atoms with E-state index in [2.05, 4.69) is 27.8 Å². The Morgan fingerprint density at radius 1 is 1.13 bits per heavy atom. The Bertz CT molecular complexity index is 1030. The number of halogens is 1. The molecule has 0 saturated heterocycles. The van der Waals surface area contributed by atoms with Crippen molar-refractivity contribution >= 4 is 27.9 Å². The van der Waals surface area contributed by atoms with Crippen molar-refractivity contribution in [1.29, 1.82) is 5.26 Å². The maximum Gasteiger partial charge on any atom is 0.262 e. The number of benzene rings is 2. The van der Waals surface area contributed by atoms with Gasteiger partial charge in [-0.1, -0.05) is 28.6 Å². The van der Waals surface area contributed by atoms with Crippen LogP contribution in [0.25, 0.3) is 6.08 Å². The molecule has 2 rings (SSSR count). The van der Waals surface area contributed by atoms with Crippen molar-refractivity contribution < 1.29 is 23.7 Å². The second-order valence-corrected chi connectivity index (χ2v) is 7.01. The quantitative estimate of drug-likeness (QED) is 0.306. The number of nitrogens with one attached hydrogen (secondary N) is 1. The van der Waals surface area contributed by atoms with Gasteiger partial charge in [-0.3, -0.25) is 4.79 Å². The van der Waals surface area contributed by atoms with E-state index in [0.717, 1.165) is 5.56 Å². The molecule has 0 aromatic heterocycles. The summed E-state index contributed by atoms with van der Waals surface area (Å²) in [6, 6.07) is 10.6. The van der Waals surface area contributed by atoms with Crippen molar-refractivity contribution in [2.75, 3.05) is 27.9 Å². The van der Waals surface area contributed by atoms with Crippen molar-refractivity contribution in [2.24, 2.45) is 0 Å². The molecular weight excluding hydrogens is 464 g/mol. The second-order valence-electron chi connectivity index (χ2n) is 6.15. The molecule has 1 N–H and O–H groups in total. The number of carbonyl (C=O) groups is 1. The van der Waals surface area contributed by atoms with Crippen LogP contribution >= 0.6 is 15.9 Å². The molecule has 0 heterocycles. The summed E-state index contributed by atoms with van der Waals surface area (Å²) in [4.78, 5) is 12.6. The summed E-state index contributed by atoms with van der Waals surface area (Å²) in [5, 5.41) is 12.2. The molecular formula is C23H23BrN2O5. The van der Waals surface area contributed by atoms with Crippen LogP contribution in [0, 0.1) is 11.3 Å². The number of nitriles is 1. The zero-order valence-electron chi connectivity index (χ0n) is 17.5. The predicted octanol–water partition coefficient (Wildman–Crippen LogP) is 4.26. The average molecular weight is 487 g/mol. The summed E-state index contributed by atoms with van der Waals surface area (Å²) in [6.07, 6.45) is 3.10. The van der Waals surface area contributed by atoms with Gasteiger partial charge in [0.15, 0.2) is 11.5 Å². The molecule has 0 unspecified atom stereocenters. The molecule has 8 heteroatoms. The number of amides is 1. The Morgan fingerprint density at radius 3 is 2.48 bits per heavy atom. The third-order valence-electron chi connectivity index (χ3n) is 4.24. The number of hydrogen-bond acceptors (Lipinski definition) is 6. The van der Waals surface area contributed by atoms with Crippen molar-refractivity contribution in [1.82, 2.24) is 5.32 Å². The largest absolute Gasteiger partial charge is 0.497 e. The lowest BCUT2D eigenvalue weighted by atomic mass is 10.1. The van der Waals surface area contributed by atoms with Crippen LogP contribution in [0.4, 0.5) is 0 Å². The van der Waals surface area contributed by atoms with E-state index in [1.807, 2.05) is 6.07 Å². The van der Waals surface area contributed by atoms with Gasteiger partial charge in [0.2, 0.25) is 0 Å². The number of carbonyl (C=O) groups excluding carboxylic acids is 1. The standard InChI is InChI=1S/C23H23BrN2O5/c1-5-8-31-22-12-19(24)16(10-21(22)30-4)9-17(13-25)23(27)26-14-15-6-7-18(28-2)11-20(15)29-3/h5-7,9-12H,1,8,14H2,2-4H3,(H,26,27)/b17-9+. The molecule has 7 nitrogen and oxygen atoms in total. The molecule has 0 spiro atoms. The first kappa shape index (κ1) is 23.8. The Kier molecular flexibility index (Phi) is 8.97. The third kappa shape index (κ3) is 6.27. The molecule has 2 aromatic rings. The summed E-state index contributed by atoms with van der Waals surface area (Å²) >= 11 is 3.44. The van der Waals surface area contributed by atoms with Crippen molar-refractivity contribution in [3.63, 3.8) is 0 Å². The van der Waals surface area contributed by atoms with Crippen molar-refractivity contribution in [2.45, 2.75) is 6.54 Å². The van der Waals surface area contributed by atoms with E-state index in [4.69, 9.17) is 18.9 Å². The first-order chi connectivity index (χ1) is 15.0. The van der Waals surface area contributed by atoms with Gasteiger partial charge >= 0.3 is 0 Å². The highest BCUT2D eigenvalue weighted by atomic mass is 79.9. The topological polar surface area (TPSA) is 89.8 Å². The SMILES string of the molecule is C=CCOc1cc(Br)c(/C=C(\C#N)C(=O)NCc2ccc(OC)cc2OC)cc1OC. The second kappa shape index (κ2) is 11.7. The smallest absolute Gasteiger partial charge is 0.262 e. The maximum atomic E-state index is 12.6. The highest BCUT2D eigenvalue weighted by Gasteiger charge is 2.14. The Hall–Kier alpha value is -3.44. The monoisotopic (exact) mass is 486 g/mol. The normalized spacial score (nSPS) is 10.6. The fourth-order valence-electron chi connectivity index (χ4n) is 2.66. The highest BCUT2D eigenvalue weighted by molar-refractivity contribution is 9.10. The number of methoxy groups -OCH3 is 3. The van der Waals surface area contributed by atoms with Crippen molar-refractivity contribution in [3.05, 3.63) is 64.2 Å². The number of nitrogens with zero attached hydrogens (tertiary/aromatic N) is 1. The molecule has 1 amide bonds. The van der Waals surface area contributed by atoms with E-state index >= 15 is 0 Å². The van der Waals surface area contributed by atoms with Crippen LogP contribution in [0.1, 0.15) is 11.1 Å². The summed E-state index contributed by atoms with van der Waals surface area (Å²) in [5.41, 5.74) is 1.28. The van der Waals surface area contributed by atoms with Crippen molar-refractivity contribution in [3.8, 4) is 29.1 Å².